The van der Waals surface area contributed by atoms with Crippen molar-refractivity contribution in [3.05, 3.63) is 0 Å². The second-order valence-corrected chi connectivity index (χ2v) is 9.15. The van der Waals surface area contributed by atoms with E-state index in [9.17, 15) is 0 Å². The Hall–Kier alpha value is 0.0569. The van der Waals surface area contributed by atoms with E-state index in [1.807, 2.05) is 0 Å². The normalized spacial score (nSPS) is 30.3. The number of hydrogen-bond acceptors (Lipinski definition) is 3. The van der Waals surface area contributed by atoms with Gasteiger partial charge in [0.2, 0.25) is 0 Å². The van der Waals surface area contributed by atoms with E-state index in [0.717, 1.165) is 22.5 Å². The Kier molecular flexibility index (Phi) is 6.46. The van der Waals surface area contributed by atoms with E-state index in [4.69, 9.17) is 13.3 Å². The molecule has 1 aliphatic heterocycles. The van der Waals surface area contributed by atoms with Crippen LogP contribution in [-0.4, -0.2) is 60.9 Å². The summed E-state index contributed by atoms with van der Waals surface area (Å²) in [5.74, 6) is 1.74. The predicted octanol–water partition coefficient (Wildman–Crippen LogP) is 2.31. The largest absolute Gasteiger partial charge is 0.558 e. The summed E-state index contributed by atoms with van der Waals surface area (Å²) < 4.78 is 17.8. The van der Waals surface area contributed by atoms with Gasteiger partial charge in [-0.25, -0.2) is 0 Å². The van der Waals surface area contributed by atoms with Crippen molar-refractivity contribution in [2.75, 3.05) is 47.6 Å². The molecule has 1 aliphatic rings. The minimum absolute atomic E-state index is 0.850. The molecule has 0 aromatic carbocycles. The zero-order valence-electron chi connectivity index (χ0n) is 13.6. The van der Waals surface area contributed by atoms with E-state index >= 15 is 0 Å². The van der Waals surface area contributed by atoms with Gasteiger partial charge < -0.3 is 17.8 Å². The van der Waals surface area contributed by atoms with Crippen LogP contribution in [0.1, 0.15) is 33.1 Å². The highest BCUT2D eigenvalue weighted by molar-refractivity contribution is 6.60. The summed E-state index contributed by atoms with van der Waals surface area (Å²) in [6, 6.07) is 0. The van der Waals surface area contributed by atoms with E-state index in [-0.39, 0.29) is 0 Å². The van der Waals surface area contributed by atoms with Gasteiger partial charge in [-0.1, -0.05) is 20.3 Å². The Bertz CT molecular complexity index is 255. The highest BCUT2D eigenvalue weighted by atomic mass is 28.4. The number of likely N-dealkylation sites (tertiary alicyclic amines) is 1. The maximum absolute atomic E-state index is 5.58. The molecule has 1 saturated heterocycles. The number of nitrogens with zero attached hydrogens (tertiary/aromatic N) is 1. The highest BCUT2D eigenvalue weighted by Gasteiger charge is 2.48. The van der Waals surface area contributed by atoms with Gasteiger partial charge in [0.05, 0.1) is 20.1 Å². The van der Waals surface area contributed by atoms with E-state index in [2.05, 4.69) is 20.9 Å². The van der Waals surface area contributed by atoms with Crippen molar-refractivity contribution in [1.82, 2.24) is 0 Å². The minimum atomic E-state index is -2.46. The van der Waals surface area contributed by atoms with Gasteiger partial charge >= 0.3 is 8.80 Å². The third-order valence-electron chi connectivity index (χ3n) is 5.04. The monoisotopic (exact) mass is 290 g/mol. The maximum Gasteiger partial charge on any atom is 0.558 e. The number of piperidine rings is 1. The fraction of sp³-hybridized carbons (Fsp3) is 1.00. The van der Waals surface area contributed by atoms with Crippen molar-refractivity contribution in [3.63, 3.8) is 0 Å². The summed E-state index contributed by atoms with van der Waals surface area (Å²) in [5, 5.41) is 0. The lowest BCUT2D eigenvalue weighted by Crippen LogP contribution is -2.62. The van der Waals surface area contributed by atoms with E-state index in [0.29, 0.717) is 0 Å². The average molecular weight is 291 g/mol. The first-order valence-electron chi connectivity index (χ1n) is 7.43. The zero-order chi connectivity index (χ0) is 14.5. The van der Waals surface area contributed by atoms with Crippen LogP contribution < -0.4 is 0 Å². The molecule has 1 unspecified atom stereocenters. The molecule has 0 saturated carbocycles. The summed E-state index contributed by atoms with van der Waals surface area (Å²) in [7, 11) is 4.97. The number of hydrogen-bond donors (Lipinski definition) is 0. The molecule has 1 atom stereocenters. The standard InChI is InChI=1S/C14H32NO3Si/c1-7-13(2)14-8-10-15(3,11-9-14)12-19(16-4,17-5)18-6/h13-14H,7-12H2,1-6H3/q+1. The molecule has 114 valence electrons. The molecule has 0 N–H and O–H groups in total. The lowest BCUT2D eigenvalue weighted by atomic mass is 9.83. The number of rotatable bonds is 7. The Labute approximate surface area is 120 Å². The van der Waals surface area contributed by atoms with Gasteiger partial charge in [0, 0.05) is 21.3 Å². The Balaban J connectivity index is 2.60. The van der Waals surface area contributed by atoms with Crippen LogP contribution in [0, 0.1) is 11.8 Å². The second kappa shape index (κ2) is 7.18. The molecule has 0 aliphatic carbocycles. The van der Waals surface area contributed by atoms with Gasteiger partial charge in [-0.2, -0.15) is 0 Å². The smallest absolute Gasteiger partial charge is 0.374 e. The molecule has 4 nitrogen and oxygen atoms in total. The van der Waals surface area contributed by atoms with E-state index < -0.39 is 8.80 Å². The molecule has 0 aromatic rings. The van der Waals surface area contributed by atoms with Gasteiger partial charge in [-0.15, -0.1) is 0 Å². The Morgan fingerprint density at radius 1 is 1.11 bits per heavy atom. The average Bonchev–Trinajstić information content (AvgIpc) is 2.45. The number of quaternary nitrogens is 1. The summed E-state index contributed by atoms with van der Waals surface area (Å²) in [6.07, 6.45) is 4.80. The van der Waals surface area contributed by atoms with Crippen LogP contribution in [0.3, 0.4) is 0 Å². The first kappa shape index (κ1) is 17.1. The van der Waals surface area contributed by atoms with Crippen molar-refractivity contribution in [3.8, 4) is 0 Å². The molecule has 0 amide bonds. The summed E-state index contributed by atoms with van der Waals surface area (Å²) >= 11 is 0. The van der Waals surface area contributed by atoms with Gasteiger partial charge in [0.15, 0.2) is 0 Å². The van der Waals surface area contributed by atoms with Crippen molar-refractivity contribution in [1.29, 1.82) is 0 Å². The van der Waals surface area contributed by atoms with Crippen LogP contribution in [0.15, 0.2) is 0 Å². The SMILES string of the molecule is CCC(C)C1CC[N+](C)(C[Si](OC)(OC)OC)CC1. The molecule has 1 fully saturated rings. The summed E-state index contributed by atoms with van der Waals surface area (Å²) in [6.45, 7) is 7.10. The van der Waals surface area contributed by atoms with Crippen molar-refractivity contribution >= 4 is 8.80 Å². The van der Waals surface area contributed by atoms with Crippen molar-refractivity contribution < 1.29 is 17.8 Å². The highest BCUT2D eigenvalue weighted by Crippen LogP contribution is 2.30. The minimum Gasteiger partial charge on any atom is -0.374 e. The van der Waals surface area contributed by atoms with Crippen LogP contribution in [0.4, 0.5) is 0 Å². The van der Waals surface area contributed by atoms with Crippen molar-refractivity contribution in [2.45, 2.75) is 33.1 Å². The van der Waals surface area contributed by atoms with E-state index in [1.165, 1.54) is 32.4 Å². The summed E-state index contributed by atoms with van der Waals surface area (Å²) in [5.41, 5.74) is 0. The molecule has 0 spiro atoms. The summed E-state index contributed by atoms with van der Waals surface area (Å²) in [4.78, 5) is 0. The van der Waals surface area contributed by atoms with Crippen LogP contribution in [0.2, 0.25) is 0 Å². The molecular formula is C14H32NO3Si+. The molecule has 1 rings (SSSR count). The predicted molar refractivity (Wildman–Crippen MR) is 79.7 cm³/mol. The molecule has 1 heterocycles. The molecule has 0 bridgehead atoms. The molecule has 5 heteroatoms. The van der Waals surface area contributed by atoms with Crippen LogP contribution in [0.5, 0.6) is 0 Å². The van der Waals surface area contributed by atoms with Gasteiger partial charge in [0.25, 0.3) is 0 Å². The topological polar surface area (TPSA) is 27.7 Å². The van der Waals surface area contributed by atoms with E-state index in [1.54, 1.807) is 21.3 Å². The van der Waals surface area contributed by atoms with Gasteiger partial charge in [-0.05, 0) is 24.7 Å². The van der Waals surface area contributed by atoms with Gasteiger partial charge in [-0.3, -0.25) is 0 Å². The molecule has 19 heavy (non-hydrogen) atoms. The molecule has 0 aromatic heterocycles. The zero-order valence-corrected chi connectivity index (χ0v) is 14.6. The third-order valence-corrected chi connectivity index (χ3v) is 8.05. The molecular weight excluding hydrogens is 258 g/mol. The fourth-order valence-electron chi connectivity index (χ4n) is 3.18. The first-order valence-corrected chi connectivity index (χ1v) is 9.36. The Morgan fingerprint density at radius 3 is 1.95 bits per heavy atom. The third kappa shape index (κ3) is 4.26. The van der Waals surface area contributed by atoms with Crippen LogP contribution >= 0.6 is 0 Å². The van der Waals surface area contributed by atoms with Crippen LogP contribution in [0.25, 0.3) is 0 Å². The van der Waals surface area contributed by atoms with Gasteiger partial charge in [0.1, 0.15) is 6.17 Å². The maximum atomic E-state index is 5.58. The van der Waals surface area contributed by atoms with Crippen LogP contribution in [-0.2, 0) is 13.3 Å². The Morgan fingerprint density at radius 2 is 1.58 bits per heavy atom. The lowest BCUT2D eigenvalue weighted by Gasteiger charge is -2.44. The fourth-order valence-corrected chi connectivity index (χ4v) is 5.32. The first-order chi connectivity index (χ1) is 8.94. The van der Waals surface area contributed by atoms with Crippen molar-refractivity contribution in [2.24, 2.45) is 11.8 Å². The molecule has 0 radical (unpaired) electrons. The quantitative estimate of drug-likeness (QED) is 0.532. The lowest BCUT2D eigenvalue weighted by molar-refractivity contribution is -0.908. The second-order valence-electron chi connectivity index (χ2n) is 6.24.